The van der Waals surface area contributed by atoms with Crippen LogP contribution in [0.1, 0.15) is 24.3 Å². The van der Waals surface area contributed by atoms with Crippen LogP contribution >= 0.6 is 0 Å². The topological polar surface area (TPSA) is 54.7 Å². The van der Waals surface area contributed by atoms with Crippen molar-refractivity contribution in [3.05, 3.63) is 60.1 Å². The maximum Gasteiger partial charge on any atom is 0.238 e. The number of furan rings is 1. The predicted octanol–water partition coefficient (Wildman–Crippen LogP) is 2.74. The summed E-state index contributed by atoms with van der Waals surface area (Å²) in [5.41, 5.74) is 4.85. The highest BCUT2D eigenvalue weighted by Gasteiger charge is 2.31. The van der Waals surface area contributed by atoms with Crippen LogP contribution in [0.2, 0.25) is 0 Å². The summed E-state index contributed by atoms with van der Waals surface area (Å²) in [6.45, 7) is 1.52. The van der Waals surface area contributed by atoms with Gasteiger partial charge in [-0.15, -0.1) is 0 Å². The molecule has 1 N–H and O–H groups in total. The van der Waals surface area contributed by atoms with E-state index in [0.717, 1.165) is 17.0 Å². The van der Waals surface area contributed by atoms with Crippen molar-refractivity contribution in [2.24, 2.45) is 0 Å². The molecule has 5 nitrogen and oxygen atoms in total. The number of hydrogen-bond donors (Lipinski definition) is 1. The highest BCUT2D eigenvalue weighted by molar-refractivity contribution is 5.80. The predicted molar refractivity (Wildman–Crippen MR) is 78.1 cm³/mol. The van der Waals surface area contributed by atoms with Gasteiger partial charge in [0.1, 0.15) is 17.6 Å². The number of carbonyl (C=O) groups is 1. The molecule has 1 amide bonds. The number of hydrogen-bond acceptors (Lipinski definition) is 4. The third-order valence-corrected chi connectivity index (χ3v) is 3.41. The number of nitrogens with zero attached hydrogens (tertiary/aromatic N) is 1. The molecular formula is C16H16N2O3. The van der Waals surface area contributed by atoms with Crippen LogP contribution in [0.5, 0.6) is 5.75 Å². The average molecular weight is 284 g/mol. The van der Waals surface area contributed by atoms with Crippen molar-refractivity contribution in [3.8, 4) is 5.75 Å². The number of rotatable bonds is 3. The molecule has 0 bridgehead atoms. The van der Waals surface area contributed by atoms with Crippen molar-refractivity contribution < 1.29 is 13.9 Å². The Morgan fingerprint density at radius 3 is 2.76 bits per heavy atom. The summed E-state index contributed by atoms with van der Waals surface area (Å²) in [7, 11) is 1.63. The molecule has 1 aromatic carbocycles. The first-order valence-corrected chi connectivity index (χ1v) is 6.66. The Hall–Kier alpha value is -2.69. The summed E-state index contributed by atoms with van der Waals surface area (Å²) in [5.74, 6) is 1.37. The van der Waals surface area contributed by atoms with Crippen molar-refractivity contribution >= 4 is 11.6 Å². The Morgan fingerprint density at radius 1 is 1.29 bits per heavy atom. The summed E-state index contributed by atoms with van der Waals surface area (Å²) in [6.07, 6.45) is 3.56. The van der Waals surface area contributed by atoms with Crippen LogP contribution in [0, 0.1) is 0 Å². The third-order valence-electron chi connectivity index (χ3n) is 3.41. The summed E-state index contributed by atoms with van der Waals surface area (Å²) in [6, 6.07) is 11.1. The molecule has 1 aliphatic rings. The van der Waals surface area contributed by atoms with Crippen LogP contribution < -0.4 is 10.2 Å². The minimum atomic E-state index is -0.266. The minimum Gasteiger partial charge on any atom is -0.496 e. The van der Waals surface area contributed by atoms with Crippen molar-refractivity contribution in [1.29, 1.82) is 0 Å². The highest BCUT2D eigenvalue weighted by Crippen LogP contribution is 2.34. The number of nitrogens with one attached hydrogen (secondary N) is 1. The number of para-hydroxylation sites is 1. The molecule has 21 heavy (non-hydrogen) atoms. The van der Waals surface area contributed by atoms with Crippen molar-refractivity contribution in [2.45, 2.75) is 13.0 Å². The van der Waals surface area contributed by atoms with Crippen LogP contribution in [0.3, 0.4) is 0 Å². The second-order valence-corrected chi connectivity index (χ2v) is 4.74. The second-order valence-electron chi connectivity index (χ2n) is 4.74. The Labute approximate surface area is 122 Å². The Bertz CT molecular complexity index is 677. The molecule has 1 atom stereocenters. The lowest BCUT2D eigenvalue weighted by molar-refractivity contribution is -0.132. The van der Waals surface area contributed by atoms with E-state index < -0.39 is 0 Å². The monoisotopic (exact) mass is 284 g/mol. The van der Waals surface area contributed by atoms with E-state index in [1.54, 1.807) is 18.4 Å². The van der Waals surface area contributed by atoms with Gasteiger partial charge >= 0.3 is 0 Å². The third kappa shape index (κ3) is 2.38. The average Bonchev–Trinajstić information content (AvgIpc) is 3.16. The highest BCUT2D eigenvalue weighted by atomic mass is 16.5. The van der Waals surface area contributed by atoms with E-state index in [1.807, 2.05) is 42.5 Å². The summed E-state index contributed by atoms with van der Waals surface area (Å²) >= 11 is 0. The number of carbonyl (C=O) groups excluding carboxylic acids is 1. The zero-order chi connectivity index (χ0) is 14.8. The van der Waals surface area contributed by atoms with Gasteiger partial charge in [0.2, 0.25) is 5.91 Å². The number of benzene rings is 1. The van der Waals surface area contributed by atoms with Gasteiger partial charge in [-0.25, -0.2) is 5.01 Å². The van der Waals surface area contributed by atoms with Gasteiger partial charge in [0.05, 0.1) is 19.1 Å². The quantitative estimate of drug-likeness (QED) is 0.941. The number of methoxy groups -OCH3 is 1. The zero-order valence-electron chi connectivity index (χ0n) is 11.9. The molecular weight excluding hydrogens is 268 g/mol. The normalized spacial score (nSPS) is 17.3. The van der Waals surface area contributed by atoms with Crippen LogP contribution in [-0.2, 0) is 4.79 Å². The molecule has 0 radical (unpaired) electrons. The van der Waals surface area contributed by atoms with Crippen LogP contribution in [0.15, 0.2) is 53.2 Å². The summed E-state index contributed by atoms with van der Waals surface area (Å²) in [4.78, 5) is 11.8. The molecule has 2 heterocycles. The van der Waals surface area contributed by atoms with E-state index >= 15 is 0 Å². The van der Waals surface area contributed by atoms with Crippen molar-refractivity contribution in [3.63, 3.8) is 0 Å². The Balaban J connectivity index is 2.00. The summed E-state index contributed by atoms with van der Waals surface area (Å²) in [5, 5.41) is 1.54. The van der Waals surface area contributed by atoms with E-state index in [4.69, 9.17) is 9.15 Å². The first kappa shape index (κ1) is 13.3. The molecule has 0 fully saturated rings. The van der Waals surface area contributed by atoms with E-state index in [-0.39, 0.29) is 11.9 Å². The maximum atomic E-state index is 11.8. The van der Waals surface area contributed by atoms with Gasteiger partial charge in [-0.3, -0.25) is 10.2 Å². The Kier molecular flexibility index (Phi) is 3.39. The van der Waals surface area contributed by atoms with E-state index in [0.29, 0.717) is 5.76 Å². The summed E-state index contributed by atoms with van der Waals surface area (Å²) < 4.78 is 10.8. The van der Waals surface area contributed by atoms with Crippen LogP contribution in [0.25, 0.3) is 5.70 Å². The van der Waals surface area contributed by atoms with Gasteiger partial charge in [0.15, 0.2) is 0 Å². The lowest BCUT2D eigenvalue weighted by atomic mass is 10.1. The van der Waals surface area contributed by atoms with E-state index in [1.165, 1.54) is 6.92 Å². The molecule has 0 spiro atoms. The lowest BCUT2D eigenvalue weighted by Gasteiger charge is -2.22. The molecule has 0 saturated heterocycles. The largest absolute Gasteiger partial charge is 0.496 e. The van der Waals surface area contributed by atoms with Crippen LogP contribution in [0.4, 0.5) is 0 Å². The van der Waals surface area contributed by atoms with Crippen LogP contribution in [-0.4, -0.2) is 18.0 Å². The maximum absolute atomic E-state index is 11.8. The fourth-order valence-corrected chi connectivity index (χ4v) is 2.43. The smallest absolute Gasteiger partial charge is 0.238 e. The SMILES string of the molecule is COc1ccccc1C1=C[C@H](c2ccco2)N(C(C)=O)N1. The molecule has 0 aliphatic carbocycles. The van der Waals surface area contributed by atoms with Crippen molar-refractivity contribution in [1.82, 2.24) is 10.4 Å². The zero-order valence-corrected chi connectivity index (χ0v) is 11.9. The Morgan fingerprint density at radius 2 is 2.10 bits per heavy atom. The van der Waals surface area contributed by atoms with Crippen molar-refractivity contribution in [2.75, 3.05) is 7.11 Å². The molecule has 108 valence electrons. The molecule has 2 aromatic rings. The van der Waals surface area contributed by atoms with Gasteiger partial charge in [0, 0.05) is 12.5 Å². The molecule has 1 aromatic heterocycles. The second kappa shape index (κ2) is 5.36. The van der Waals surface area contributed by atoms with E-state index in [9.17, 15) is 4.79 Å². The molecule has 0 unspecified atom stereocenters. The fourth-order valence-electron chi connectivity index (χ4n) is 2.43. The molecule has 3 rings (SSSR count). The number of ether oxygens (including phenoxy) is 1. The van der Waals surface area contributed by atoms with Gasteiger partial charge < -0.3 is 9.15 Å². The van der Waals surface area contributed by atoms with E-state index in [2.05, 4.69) is 5.43 Å². The number of hydrazine groups is 1. The van der Waals surface area contributed by atoms with Gasteiger partial charge in [-0.05, 0) is 30.3 Å². The van der Waals surface area contributed by atoms with Gasteiger partial charge in [-0.1, -0.05) is 12.1 Å². The first-order chi connectivity index (χ1) is 10.2. The van der Waals surface area contributed by atoms with Gasteiger partial charge in [0.25, 0.3) is 0 Å². The molecule has 5 heteroatoms. The fraction of sp³-hybridized carbons (Fsp3) is 0.188. The number of amides is 1. The minimum absolute atomic E-state index is 0.0856. The standard InChI is InChI=1S/C16H16N2O3/c1-11(19)18-14(16-8-5-9-21-16)10-13(17-18)12-6-3-4-7-15(12)20-2/h3-10,14,17H,1-2H3/t14-/m1/s1. The van der Waals surface area contributed by atoms with Gasteiger partial charge in [-0.2, -0.15) is 0 Å². The lowest BCUT2D eigenvalue weighted by Crippen LogP contribution is -2.37. The molecule has 1 aliphatic heterocycles. The first-order valence-electron chi connectivity index (χ1n) is 6.66. The molecule has 0 saturated carbocycles.